The number of benzene rings is 3. The van der Waals surface area contributed by atoms with Crippen molar-refractivity contribution in [3.8, 4) is 40.6 Å². The molecule has 0 radical (unpaired) electrons. The van der Waals surface area contributed by atoms with Crippen molar-refractivity contribution in [1.82, 2.24) is 19.7 Å². The van der Waals surface area contributed by atoms with Gasteiger partial charge < -0.3 is 4.74 Å². The summed E-state index contributed by atoms with van der Waals surface area (Å²) in [6.45, 7) is 1.96. The quantitative estimate of drug-likeness (QED) is 0.327. The smallest absolute Gasteiger partial charge is 0.349 e. The first kappa shape index (κ1) is 24.7. The number of hydrogen-bond donors (Lipinski definition) is 1. The Bertz CT molecular complexity index is 1930. The molecule has 0 aliphatic heterocycles. The molecule has 11 heteroatoms. The van der Waals surface area contributed by atoms with Crippen LogP contribution in [0.5, 0.6) is 11.5 Å². The molecule has 0 saturated carbocycles. The van der Waals surface area contributed by atoms with Crippen LogP contribution in [-0.2, 0) is 0 Å². The average molecular weight is 541 g/mol. The van der Waals surface area contributed by atoms with E-state index in [0.29, 0.717) is 11.3 Å². The minimum atomic E-state index is -0.893. The normalized spacial score (nSPS) is 10.7. The Morgan fingerprint density at radius 3 is 2.32 bits per heavy atom. The second-order valence-electron chi connectivity index (χ2n) is 8.16. The Labute approximate surface area is 224 Å². The van der Waals surface area contributed by atoms with E-state index in [1.54, 1.807) is 24.3 Å². The summed E-state index contributed by atoms with van der Waals surface area (Å²) in [5.74, 6) is 0.602. The molecule has 0 fully saturated rings. The molecular formula is C27H14Cl2N6O3. The number of halogens is 2. The Kier molecular flexibility index (Phi) is 6.39. The van der Waals surface area contributed by atoms with Crippen LogP contribution < -0.4 is 16.0 Å². The van der Waals surface area contributed by atoms with E-state index in [2.05, 4.69) is 11.2 Å². The van der Waals surface area contributed by atoms with Gasteiger partial charge in [-0.25, -0.2) is 9.78 Å². The number of aryl methyl sites for hydroxylation is 1. The summed E-state index contributed by atoms with van der Waals surface area (Å²) in [6, 6.07) is 21.0. The van der Waals surface area contributed by atoms with Crippen LogP contribution in [-0.4, -0.2) is 19.7 Å². The SMILES string of the molecule is Cc1cc(-c2ccc(C#N)cc2)nc2ccc(Oc3c(Cl)cc(-n4nc(C#N)c(=O)[nH]c4=O)cc3Cl)cc12. The highest BCUT2D eigenvalue weighted by molar-refractivity contribution is 6.37. The topological polar surface area (TPSA) is 137 Å². The van der Waals surface area contributed by atoms with Crippen molar-refractivity contribution in [1.29, 1.82) is 10.5 Å². The zero-order chi connectivity index (χ0) is 27.0. The van der Waals surface area contributed by atoms with Crippen LogP contribution in [0.3, 0.4) is 0 Å². The molecule has 0 saturated heterocycles. The zero-order valence-corrected chi connectivity index (χ0v) is 21.0. The highest BCUT2D eigenvalue weighted by Crippen LogP contribution is 2.39. The van der Waals surface area contributed by atoms with Gasteiger partial charge in [-0.05, 0) is 61.0 Å². The number of rotatable bonds is 4. The third-order valence-corrected chi connectivity index (χ3v) is 6.24. The van der Waals surface area contributed by atoms with Gasteiger partial charge in [0.15, 0.2) is 5.75 Å². The standard InChI is InChI=1S/C27H14Cl2N6O3/c1-14-8-23(16-4-2-15(12-30)3-5-16)32-22-7-6-18(11-19(14)22)38-25-20(28)9-17(10-21(25)29)35-27(37)33-26(36)24(13-31)34-35/h2-11H,1H3,(H,33,36,37). The van der Waals surface area contributed by atoms with Gasteiger partial charge in [0.1, 0.15) is 11.8 Å². The van der Waals surface area contributed by atoms with E-state index in [0.717, 1.165) is 32.4 Å². The molecule has 1 N–H and O–H groups in total. The summed E-state index contributed by atoms with van der Waals surface area (Å²) in [5, 5.41) is 22.9. The molecule has 0 aliphatic carbocycles. The number of aromatic nitrogens is 4. The number of ether oxygens (including phenoxy) is 1. The fraction of sp³-hybridized carbons (Fsp3) is 0.0370. The van der Waals surface area contributed by atoms with Crippen molar-refractivity contribution < 1.29 is 4.74 Å². The van der Waals surface area contributed by atoms with Crippen molar-refractivity contribution >= 4 is 34.1 Å². The van der Waals surface area contributed by atoms with Gasteiger partial charge in [-0.3, -0.25) is 9.78 Å². The van der Waals surface area contributed by atoms with Gasteiger partial charge >= 0.3 is 5.69 Å². The van der Waals surface area contributed by atoms with Gasteiger partial charge in [-0.15, -0.1) is 5.10 Å². The van der Waals surface area contributed by atoms with Crippen LogP contribution in [0.1, 0.15) is 16.8 Å². The highest BCUT2D eigenvalue weighted by Gasteiger charge is 2.16. The largest absolute Gasteiger partial charge is 0.454 e. The minimum absolute atomic E-state index is 0.0806. The summed E-state index contributed by atoms with van der Waals surface area (Å²) >= 11 is 12.9. The number of nitrogens with one attached hydrogen (secondary N) is 1. The number of pyridine rings is 1. The molecule has 38 heavy (non-hydrogen) atoms. The van der Waals surface area contributed by atoms with Crippen molar-refractivity contribution in [2.24, 2.45) is 0 Å². The second kappa shape index (κ2) is 9.83. The number of H-pyrrole nitrogens is 1. The lowest BCUT2D eigenvalue weighted by molar-refractivity contribution is 0.483. The molecular weight excluding hydrogens is 527 g/mol. The first-order valence-corrected chi connectivity index (χ1v) is 11.8. The number of fused-ring (bicyclic) bond motifs is 1. The van der Waals surface area contributed by atoms with Gasteiger partial charge in [-0.1, -0.05) is 35.3 Å². The molecule has 5 aromatic rings. The summed E-state index contributed by atoms with van der Waals surface area (Å²) in [6.07, 6.45) is 0. The third-order valence-electron chi connectivity index (χ3n) is 5.68. The predicted octanol–water partition coefficient (Wildman–Crippen LogP) is 5.29. The van der Waals surface area contributed by atoms with Crippen LogP contribution >= 0.6 is 23.2 Å². The Balaban J connectivity index is 1.48. The van der Waals surface area contributed by atoms with Gasteiger partial charge in [0.05, 0.1) is 38.6 Å². The lowest BCUT2D eigenvalue weighted by Gasteiger charge is -2.13. The molecule has 184 valence electrons. The molecule has 9 nitrogen and oxygen atoms in total. The van der Waals surface area contributed by atoms with Crippen LogP contribution in [0.4, 0.5) is 0 Å². The minimum Gasteiger partial charge on any atom is -0.454 e. The molecule has 5 rings (SSSR count). The number of aromatic amines is 1. The number of nitrogens with zero attached hydrogens (tertiary/aromatic N) is 5. The van der Waals surface area contributed by atoms with Crippen molar-refractivity contribution in [3.63, 3.8) is 0 Å². The lowest BCUT2D eigenvalue weighted by atomic mass is 10.0. The summed E-state index contributed by atoms with van der Waals surface area (Å²) in [4.78, 5) is 30.6. The monoisotopic (exact) mass is 540 g/mol. The van der Waals surface area contributed by atoms with E-state index in [4.69, 9.17) is 43.4 Å². The molecule has 2 heterocycles. The second-order valence-corrected chi connectivity index (χ2v) is 8.98. The van der Waals surface area contributed by atoms with Gasteiger partial charge in [0, 0.05) is 10.9 Å². The van der Waals surface area contributed by atoms with Crippen molar-refractivity contribution in [3.05, 3.63) is 108 Å². The van der Waals surface area contributed by atoms with Gasteiger partial charge in [0.25, 0.3) is 5.56 Å². The number of hydrogen-bond acceptors (Lipinski definition) is 7. The van der Waals surface area contributed by atoms with Crippen LogP contribution in [0, 0.1) is 29.6 Å². The van der Waals surface area contributed by atoms with E-state index in [1.165, 1.54) is 12.1 Å². The van der Waals surface area contributed by atoms with E-state index < -0.39 is 16.9 Å². The Morgan fingerprint density at radius 1 is 0.947 bits per heavy atom. The molecule has 0 unspecified atom stereocenters. The third kappa shape index (κ3) is 4.60. The fourth-order valence-electron chi connectivity index (χ4n) is 3.83. The van der Waals surface area contributed by atoms with Gasteiger partial charge in [-0.2, -0.15) is 15.2 Å². The van der Waals surface area contributed by atoms with Crippen molar-refractivity contribution in [2.45, 2.75) is 6.92 Å². The summed E-state index contributed by atoms with van der Waals surface area (Å²) in [5.41, 5.74) is 1.87. The first-order chi connectivity index (χ1) is 18.3. The molecule has 0 spiro atoms. The van der Waals surface area contributed by atoms with Crippen molar-refractivity contribution in [2.75, 3.05) is 0 Å². The van der Waals surface area contributed by atoms with Crippen LogP contribution in [0.2, 0.25) is 10.0 Å². The maximum Gasteiger partial charge on any atom is 0.349 e. The highest BCUT2D eigenvalue weighted by atomic mass is 35.5. The molecule has 0 atom stereocenters. The Hall–Kier alpha value is -4.96. The number of nitriles is 2. The van der Waals surface area contributed by atoms with E-state index in [-0.39, 0.29) is 21.5 Å². The maximum atomic E-state index is 12.2. The molecule has 3 aromatic carbocycles. The average Bonchev–Trinajstić information content (AvgIpc) is 2.91. The van der Waals surface area contributed by atoms with Crippen LogP contribution in [0.15, 0.2) is 70.3 Å². The predicted molar refractivity (Wildman–Crippen MR) is 142 cm³/mol. The van der Waals surface area contributed by atoms with Gasteiger partial charge in [0.2, 0.25) is 5.69 Å². The van der Waals surface area contributed by atoms with Crippen LogP contribution in [0.25, 0.3) is 27.8 Å². The fourth-order valence-corrected chi connectivity index (χ4v) is 4.39. The Morgan fingerprint density at radius 2 is 1.66 bits per heavy atom. The lowest BCUT2D eigenvalue weighted by Crippen LogP contribution is -2.33. The summed E-state index contributed by atoms with van der Waals surface area (Å²) in [7, 11) is 0. The zero-order valence-electron chi connectivity index (χ0n) is 19.5. The molecule has 0 bridgehead atoms. The van der Waals surface area contributed by atoms with E-state index in [9.17, 15) is 9.59 Å². The summed E-state index contributed by atoms with van der Waals surface area (Å²) < 4.78 is 6.81. The first-order valence-electron chi connectivity index (χ1n) is 11.0. The molecule has 0 amide bonds. The van der Waals surface area contributed by atoms with E-state index in [1.807, 2.05) is 42.2 Å². The molecule has 2 aromatic heterocycles. The maximum absolute atomic E-state index is 12.2. The van der Waals surface area contributed by atoms with E-state index >= 15 is 0 Å². The molecule has 0 aliphatic rings.